The number of amides is 1. The molecule has 0 bridgehead atoms. The highest BCUT2D eigenvalue weighted by atomic mass is 79.9. The summed E-state index contributed by atoms with van der Waals surface area (Å²) in [5.41, 5.74) is 5.77. The van der Waals surface area contributed by atoms with Gasteiger partial charge in [0.05, 0.1) is 5.69 Å². The highest BCUT2D eigenvalue weighted by Gasteiger charge is 2.00. The van der Waals surface area contributed by atoms with Crippen molar-refractivity contribution in [3.63, 3.8) is 0 Å². The van der Waals surface area contributed by atoms with Gasteiger partial charge in [0.25, 0.3) is 0 Å². The van der Waals surface area contributed by atoms with Gasteiger partial charge in [-0.15, -0.1) is 0 Å². The summed E-state index contributed by atoms with van der Waals surface area (Å²) in [5.74, 6) is -0.203. The Hall–Kier alpha value is -1.14. The maximum atomic E-state index is 10.6. The first-order chi connectivity index (χ1) is 7.09. The van der Waals surface area contributed by atoms with Crippen LogP contribution in [0.5, 0.6) is 0 Å². The zero-order chi connectivity index (χ0) is 11.3. The number of hydrogen-bond acceptors (Lipinski definition) is 2. The molecule has 6 heteroatoms. The molecule has 3 N–H and O–H groups in total. The Balaban J connectivity index is 2.52. The minimum Gasteiger partial charge on any atom is -0.330 e. The summed E-state index contributed by atoms with van der Waals surface area (Å²) in [6.07, 6.45) is 0. The summed E-state index contributed by atoms with van der Waals surface area (Å²) in [4.78, 5) is 10.6. The molecule has 0 aliphatic heterocycles. The Morgan fingerprint density at radius 2 is 2.00 bits per heavy atom. The van der Waals surface area contributed by atoms with Gasteiger partial charge in [0.1, 0.15) is 0 Å². The van der Waals surface area contributed by atoms with E-state index in [9.17, 15) is 4.79 Å². The Morgan fingerprint density at radius 3 is 2.60 bits per heavy atom. The van der Waals surface area contributed by atoms with Crippen LogP contribution in [-0.2, 0) is 4.79 Å². The van der Waals surface area contributed by atoms with Gasteiger partial charge in [0.2, 0.25) is 5.91 Å². The second-order valence-corrected chi connectivity index (χ2v) is 4.00. The van der Waals surface area contributed by atoms with Gasteiger partial charge in [-0.05, 0) is 40.3 Å². The Kier molecular flexibility index (Phi) is 4.51. The largest absolute Gasteiger partial charge is 0.330 e. The molecule has 1 aromatic carbocycles. The van der Waals surface area contributed by atoms with Gasteiger partial charge in [-0.3, -0.25) is 15.6 Å². The molecule has 0 saturated heterocycles. The molecule has 80 valence electrons. The van der Waals surface area contributed by atoms with Gasteiger partial charge in [-0.1, -0.05) is 12.1 Å². The predicted octanol–water partition coefficient (Wildman–Crippen LogP) is 1.79. The molecule has 0 heterocycles. The first-order valence-corrected chi connectivity index (χ1v) is 5.38. The third kappa shape index (κ3) is 4.26. The number of benzene rings is 1. The summed E-state index contributed by atoms with van der Waals surface area (Å²) >= 11 is 8.32. The molecule has 4 nitrogen and oxygen atoms in total. The van der Waals surface area contributed by atoms with E-state index in [-0.39, 0.29) is 5.91 Å². The van der Waals surface area contributed by atoms with Crippen molar-refractivity contribution in [1.29, 1.82) is 0 Å². The van der Waals surface area contributed by atoms with Crippen LogP contribution < -0.4 is 16.2 Å². The Labute approximate surface area is 102 Å². The topological polar surface area (TPSA) is 53.2 Å². The summed E-state index contributed by atoms with van der Waals surface area (Å²) in [7, 11) is 0. The first kappa shape index (κ1) is 11.9. The normalized spacial score (nSPS) is 9.20. The van der Waals surface area contributed by atoms with Crippen molar-refractivity contribution in [2.45, 2.75) is 6.92 Å². The lowest BCUT2D eigenvalue weighted by atomic mass is 10.3. The smallest absolute Gasteiger partial charge is 0.235 e. The van der Waals surface area contributed by atoms with Crippen molar-refractivity contribution in [3.8, 4) is 0 Å². The van der Waals surface area contributed by atoms with E-state index >= 15 is 0 Å². The number of carbonyl (C=O) groups is 1. The zero-order valence-corrected chi connectivity index (χ0v) is 10.4. The number of hydrazine groups is 1. The number of nitrogens with one attached hydrogen (secondary N) is 3. The molecule has 1 rings (SSSR count). The third-order valence-corrected chi connectivity index (χ3v) is 2.37. The third-order valence-electron chi connectivity index (χ3n) is 1.47. The number of thiocarbonyl (C=S) groups is 1. The van der Waals surface area contributed by atoms with Gasteiger partial charge in [0.15, 0.2) is 5.11 Å². The van der Waals surface area contributed by atoms with E-state index in [1.165, 1.54) is 6.92 Å². The minimum atomic E-state index is -0.203. The SMILES string of the molecule is CC(=O)NNC(=S)Nc1ccccc1Br. The number of carbonyl (C=O) groups excluding carboxylic acids is 1. The fraction of sp³-hybridized carbons (Fsp3) is 0.111. The quantitative estimate of drug-likeness (QED) is 0.545. The van der Waals surface area contributed by atoms with Gasteiger partial charge < -0.3 is 5.32 Å². The maximum Gasteiger partial charge on any atom is 0.235 e. The molecule has 0 spiro atoms. The molecule has 0 aliphatic carbocycles. The standard InChI is InChI=1S/C9H10BrN3OS/c1-6(14)12-13-9(15)11-8-5-3-2-4-7(8)10/h2-5H,1H3,(H,12,14)(H2,11,13,15). The predicted molar refractivity (Wildman–Crippen MR) is 67.3 cm³/mol. The van der Waals surface area contributed by atoms with E-state index in [1.807, 2.05) is 24.3 Å². The second kappa shape index (κ2) is 5.67. The van der Waals surface area contributed by atoms with E-state index < -0.39 is 0 Å². The molecular weight excluding hydrogens is 278 g/mol. The van der Waals surface area contributed by atoms with Crippen LogP contribution in [0.4, 0.5) is 5.69 Å². The summed E-state index contributed by atoms with van der Waals surface area (Å²) in [5, 5.41) is 3.25. The van der Waals surface area contributed by atoms with Crippen molar-refractivity contribution in [2.24, 2.45) is 0 Å². The number of halogens is 1. The van der Waals surface area contributed by atoms with Crippen molar-refractivity contribution in [3.05, 3.63) is 28.7 Å². The van der Waals surface area contributed by atoms with Crippen molar-refractivity contribution in [2.75, 3.05) is 5.32 Å². The summed E-state index contributed by atoms with van der Waals surface area (Å²) in [6, 6.07) is 7.54. The fourth-order valence-corrected chi connectivity index (χ4v) is 1.41. The van der Waals surface area contributed by atoms with E-state index in [1.54, 1.807) is 0 Å². The average molecular weight is 288 g/mol. The van der Waals surface area contributed by atoms with E-state index in [2.05, 4.69) is 32.1 Å². The second-order valence-electron chi connectivity index (χ2n) is 2.74. The molecule has 0 aromatic heterocycles. The lowest BCUT2D eigenvalue weighted by molar-refractivity contribution is -0.119. The summed E-state index contributed by atoms with van der Waals surface area (Å²) < 4.78 is 0.900. The zero-order valence-electron chi connectivity index (χ0n) is 8.00. The van der Waals surface area contributed by atoms with Crippen molar-refractivity contribution >= 4 is 44.9 Å². The highest BCUT2D eigenvalue weighted by molar-refractivity contribution is 9.10. The van der Waals surface area contributed by atoms with Crippen LogP contribution in [0.15, 0.2) is 28.7 Å². The van der Waals surface area contributed by atoms with E-state index in [0.29, 0.717) is 5.11 Å². The van der Waals surface area contributed by atoms with Crippen LogP contribution in [0.3, 0.4) is 0 Å². The lowest BCUT2D eigenvalue weighted by Gasteiger charge is -2.11. The van der Waals surface area contributed by atoms with Gasteiger partial charge >= 0.3 is 0 Å². The molecule has 0 fully saturated rings. The summed E-state index contributed by atoms with van der Waals surface area (Å²) in [6.45, 7) is 1.40. The lowest BCUT2D eigenvalue weighted by Crippen LogP contribution is -2.42. The van der Waals surface area contributed by atoms with E-state index in [0.717, 1.165) is 10.2 Å². The van der Waals surface area contributed by atoms with Crippen LogP contribution >= 0.6 is 28.1 Å². The highest BCUT2D eigenvalue weighted by Crippen LogP contribution is 2.20. The van der Waals surface area contributed by atoms with Crippen LogP contribution in [-0.4, -0.2) is 11.0 Å². The number of anilines is 1. The molecule has 0 unspecified atom stereocenters. The van der Waals surface area contributed by atoms with Crippen molar-refractivity contribution < 1.29 is 4.79 Å². The molecule has 0 aliphatic rings. The van der Waals surface area contributed by atoms with Crippen LogP contribution in [0.2, 0.25) is 0 Å². The molecule has 15 heavy (non-hydrogen) atoms. The molecular formula is C9H10BrN3OS. The van der Waals surface area contributed by atoms with E-state index in [4.69, 9.17) is 12.2 Å². The number of rotatable bonds is 1. The molecule has 1 amide bonds. The van der Waals surface area contributed by atoms with Crippen LogP contribution in [0.1, 0.15) is 6.92 Å². The van der Waals surface area contributed by atoms with Crippen LogP contribution in [0.25, 0.3) is 0 Å². The molecule has 0 atom stereocenters. The van der Waals surface area contributed by atoms with Gasteiger partial charge in [-0.25, -0.2) is 0 Å². The minimum absolute atomic E-state index is 0.203. The fourth-order valence-electron chi connectivity index (χ4n) is 0.861. The number of hydrogen-bond donors (Lipinski definition) is 3. The van der Waals surface area contributed by atoms with Crippen molar-refractivity contribution in [1.82, 2.24) is 10.9 Å². The van der Waals surface area contributed by atoms with Gasteiger partial charge in [0, 0.05) is 11.4 Å². The maximum absolute atomic E-state index is 10.6. The average Bonchev–Trinajstić information content (AvgIpc) is 2.18. The van der Waals surface area contributed by atoms with Crippen LogP contribution in [0, 0.1) is 0 Å². The molecule has 1 aromatic rings. The Morgan fingerprint density at radius 1 is 1.33 bits per heavy atom. The molecule has 0 saturated carbocycles. The monoisotopic (exact) mass is 287 g/mol. The first-order valence-electron chi connectivity index (χ1n) is 4.17. The van der Waals surface area contributed by atoms with Gasteiger partial charge in [-0.2, -0.15) is 0 Å². The number of para-hydroxylation sites is 1. The Bertz CT molecular complexity index is 383. The molecule has 0 radical (unpaired) electrons.